The number of pyridine rings is 2. The van der Waals surface area contributed by atoms with Gasteiger partial charge in [-0.2, -0.15) is 0 Å². The summed E-state index contributed by atoms with van der Waals surface area (Å²) < 4.78 is 0. The van der Waals surface area contributed by atoms with E-state index in [4.69, 9.17) is 21.4 Å². The highest BCUT2D eigenvalue weighted by Crippen LogP contribution is 2.35. The van der Waals surface area contributed by atoms with Crippen molar-refractivity contribution in [2.24, 2.45) is 0 Å². The smallest absolute Gasteiger partial charge is 0.0996 e. The van der Waals surface area contributed by atoms with Gasteiger partial charge >= 0.3 is 0 Å². The highest BCUT2D eigenvalue weighted by atomic mass is 14.8. The Morgan fingerprint density at radius 2 is 1.32 bits per heavy atom. The summed E-state index contributed by atoms with van der Waals surface area (Å²) in [5, 5.41) is 1.89. The molecule has 0 radical (unpaired) electrons. The Morgan fingerprint density at radius 3 is 2.00 bits per heavy atom. The van der Waals surface area contributed by atoms with E-state index in [0.29, 0.717) is 11.4 Å². The average molecular weight is 402 g/mol. The Hall–Kier alpha value is -4.32. The number of benzene rings is 3. The molecule has 3 heterocycles. The minimum atomic E-state index is 0.567. The minimum absolute atomic E-state index is 0.567. The first-order chi connectivity index (χ1) is 15.1. The fourth-order valence-corrected chi connectivity index (χ4v) is 4.26. The summed E-state index contributed by atoms with van der Waals surface area (Å²) >= 11 is 0. The van der Waals surface area contributed by atoms with Gasteiger partial charge in [-0.15, -0.1) is 0 Å². The third-order valence-electron chi connectivity index (χ3n) is 5.84. The van der Waals surface area contributed by atoms with Gasteiger partial charge in [0.25, 0.3) is 0 Å². The number of aryl methyl sites for hydroxylation is 1. The fourth-order valence-electron chi connectivity index (χ4n) is 4.26. The lowest BCUT2D eigenvalue weighted by Crippen LogP contribution is -1.97. The molecular formula is C25H18N6. The second-order valence-corrected chi connectivity index (χ2v) is 7.67. The molecule has 4 N–H and O–H groups in total. The van der Waals surface area contributed by atoms with Gasteiger partial charge in [0, 0.05) is 23.2 Å². The lowest BCUT2D eigenvalue weighted by molar-refractivity contribution is 1.34. The van der Waals surface area contributed by atoms with Crippen LogP contribution in [0.4, 0.5) is 11.4 Å². The number of hydrogen-bond acceptors (Lipinski definition) is 6. The van der Waals surface area contributed by atoms with Gasteiger partial charge in [-0.25, -0.2) is 9.97 Å². The van der Waals surface area contributed by atoms with Crippen molar-refractivity contribution >= 4 is 55.2 Å². The van der Waals surface area contributed by atoms with Crippen LogP contribution in [0.2, 0.25) is 0 Å². The van der Waals surface area contributed by atoms with E-state index in [2.05, 4.69) is 23.0 Å². The standard InChI is InChI=1S/C25H18N6/c1-13-15(14-6-8-18(26)19(27)12-14)7-9-20-21(13)31-25-17-5-3-11-29-23(17)22-16(24(25)30-20)4-2-10-28-22/h2-12H,26-27H2,1H3. The van der Waals surface area contributed by atoms with Crippen molar-refractivity contribution < 1.29 is 0 Å². The second-order valence-electron chi connectivity index (χ2n) is 7.67. The number of rotatable bonds is 1. The van der Waals surface area contributed by atoms with Crippen molar-refractivity contribution in [1.82, 2.24) is 19.9 Å². The normalized spacial score (nSPS) is 11.6. The topological polar surface area (TPSA) is 104 Å². The molecule has 0 fully saturated rings. The summed E-state index contributed by atoms with van der Waals surface area (Å²) in [6.07, 6.45) is 3.57. The zero-order chi connectivity index (χ0) is 21.1. The number of nitrogens with zero attached hydrogens (tertiary/aromatic N) is 4. The zero-order valence-corrected chi connectivity index (χ0v) is 16.8. The molecule has 6 rings (SSSR count). The molecule has 31 heavy (non-hydrogen) atoms. The Kier molecular flexibility index (Phi) is 3.58. The largest absolute Gasteiger partial charge is 0.397 e. The summed E-state index contributed by atoms with van der Waals surface area (Å²) in [6, 6.07) is 17.7. The Morgan fingerprint density at radius 1 is 0.645 bits per heavy atom. The molecule has 3 aromatic heterocycles. The number of nitrogens with two attached hydrogens (primary N) is 2. The van der Waals surface area contributed by atoms with Crippen LogP contribution in [0.3, 0.4) is 0 Å². The highest BCUT2D eigenvalue weighted by Gasteiger charge is 2.16. The molecule has 0 unspecified atom stereocenters. The van der Waals surface area contributed by atoms with Crippen molar-refractivity contribution in [2.45, 2.75) is 6.92 Å². The van der Waals surface area contributed by atoms with Crippen molar-refractivity contribution in [3.05, 3.63) is 72.6 Å². The van der Waals surface area contributed by atoms with E-state index in [1.54, 1.807) is 12.4 Å². The molecule has 6 aromatic rings. The molecule has 0 atom stereocenters. The van der Waals surface area contributed by atoms with E-state index in [9.17, 15) is 0 Å². The third kappa shape index (κ3) is 2.51. The molecule has 0 aliphatic carbocycles. The maximum absolute atomic E-state index is 6.04. The molecule has 0 aliphatic rings. The predicted molar refractivity (Wildman–Crippen MR) is 127 cm³/mol. The maximum atomic E-state index is 6.04. The van der Waals surface area contributed by atoms with Crippen LogP contribution in [0.1, 0.15) is 5.56 Å². The SMILES string of the molecule is Cc1c(-c2ccc(N)c(N)c2)ccc2nc3c4cccnc4c4ncccc4c3nc12. The summed E-state index contributed by atoms with van der Waals surface area (Å²) in [5.41, 5.74) is 21.2. The molecule has 148 valence electrons. The van der Waals surface area contributed by atoms with Crippen LogP contribution in [-0.4, -0.2) is 19.9 Å². The second kappa shape index (κ2) is 6.34. The maximum Gasteiger partial charge on any atom is 0.0996 e. The molecule has 6 heteroatoms. The van der Waals surface area contributed by atoms with Gasteiger partial charge in [-0.05, 0) is 66.1 Å². The van der Waals surface area contributed by atoms with Crippen molar-refractivity contribution in [3.8, 4) is 11.1 Å². The van der Waals surface area contributed by atoms with E-state index >= 15 is 0 Å². The minimum Gasteiger partial charge on any atom is -0.397 e. The van der Waals surface area contributed by atoms with Gasteiger partial charge in [-0.1, -0.05) is 12.1 Å². The average Bonchev–Trinajstić information content (AvgIpc) is 2.81. The quantitative estimate of drug-likeness (QED) is 0.227. The molecule has 0 saturated heterocycles. The first-order valence-corrected chi connectivity index (χ1v) is 9.99. The molecule has 0 aliphatic heterocycles. The van der Waals surface area contributed by atoms with Gasteiger partial charge < -0.3 is 11.5 Å². The summed E-state index contributed by atoms with van der Waals surface area (Å²) in [5.74, 6) is 0. The predicted octanol–water partition coefficient (Wildman–Crippen LogP) is 5.02. The summed E-state index contributed by atoms with van der Waals surface area (Å²) in [4.78, 5) is 19.3. The molecule has 0 amide bonds. The van der Waals surface area contributed by atoms with Crippen LogP contribution in [0.5, 0.6) is 0 Å². The summed E-state index contributed by atoms with van der Waals surface area (Å²) in [6.45, 7) is 2.06. The molecular weight excluding hydrogens is 384 g/mol. The van der Waals surface area contributed by atoms with Gasteiger partial charge in [0.1, 0.15) is 0 Å². The lowest BCUT2D eigenvalue weighted by atomic mass is 9.98. The number of fused-ring (bicyclic) bond motifs is 7. The Balaban J connectivity index is 1.74. The Bertz CT molecular complexity index is 1670. The Labute approximate surface area is 177 Å². The van der Waals surface area contributed by atoms with Crippen LogP contribution < -0.4 is 11.5 Å². The number of aromatic nitrogens is 4. The first kappa shape index (κ1) is 17.5. The molecule has 0 bridgehead atoms. The molecule has 0 spiro atoms. The zero-order valence-electron chi connectivity index (χ0n) is 16.8. The summed E-state index contributed by atoms with van der Waals surface area (Å²) in [7, 11) is 0. The fraction of sp³-hybridized carbons (Fsp3) is 0.0400. The monoisotopic (exact) mass is 402 g/mol. The van der Waals surface area contributed by atoms with Crippen molar-refractivity contribution in [3.63, 3.8) is 0 Å². The van der Waals surface area contributed by atoms with E-state index in [1.165, 1.54) is 0 Å². The van der Waals surface area contributed by atoms with Crippen molar-refractivity contribution in [1.29, 1.82) is 0 Å². The van der Waals surface area contributed by atoms with Gasteiger partial charge in [-0.3, -0.25) is 9.97 Å². The molecule has 6 nitrogen and oxygen atoms in total. The lowest BCUT2D eigenvalue weighted by Gasteiger charge is -2.13. The molecule has 0 saturated carbocycles. The first-order valence-electron chi connectivity index (χ1n) is 9.99. The van der Waals surface area contributed by atoms with Crippen LogP contribution in [0.25, 0.3) is 55.0 Å². The third-order valence-corrected chi connectivity index (χ3v) is 5.84. The number of nitrogen functional groups attached to an aromatic ring is 2. The van der Waals surface area contributed by atoms with E-state index in [-0.39, 0.29) is 0 Å². The van der Waals surface area contributed by atoms with Crippen LogP contribution in [0, 0.1) is 6.92 Å². The number of hydrogen-bond donors (Lipinski definition) is 2. The molecule has 3 aromatic carbocycles. The highest BCUT2D eigenvalue weighted by molar-refractivity contribution is 6.21. The number of anilines is 2. The van der Waals surface area contributed by atoms with Gasteiger partial charge in [0.2, 0.25) is 0 Å². The van der Waals surface area contributed by atoms with E-state index in [1.807, 2.05) is 48.5 Å². The van der Waals surface area contributed by atoms with Gasteiger partial charge in [0.15, 0.2) is 0 Å². The van der Waals surface area contributed by atoms with Crippen LogP contribution >= 0.6 is 0 Å². The van der Waals surface area contributed by atoms with Crippen molar-refractivity contribution in [2.75, 3.05) is 11.5 Å². The van der Waals surface area contributed by atoms with Gasteiger partial charge in [0.05, 0.1) is 44.5 Å². The van der Waals surface area contributed by atoms with E-state index < -0.39 is 0 Å². The van der Waals surface area contributed by atoms with Crippen LogP contribution in [0.15, 0.2) is 67.0 Å². The van der Waals surface area contributed by atoms with E-state index in [0.717, 1.165) is 60.6 Å². The van der Waals surface area contributed by atoms with Crippen LogP contribution in [-0.2, 0) is 0 Å².